The summed E-state index contributed by atoms with van der Waals surface area (Å²) < 4.78 is 5.41. The van der Waals surface area contributed by atoms with Gasteiger partial charge in [0.2, 0.25) is 0 Å². The fraction of sp³-hybridized carbons (Fsp3) is 0.450. The molecule has 0 radical (unpaired) electrons. The summed E-state index contributed by atoms with van der Waals surface area (Å²) in [6.07, 6.45) is 6.33. The van der Waals surface area contributed by atoms with Crippen LogP contribution in [-0.4, -0.2) is 36.5 Å². The number of benzene rings is 1. The predicted molar refractivity (Wildman–Crippen MR) is 96.2 cm³/mol. The van der Waals surface area contributed by atoms with Gasteiger partial charge in [0.15, 0.2) is 5.96 Å². The van der Waals surface area contributed by atoms with Gasteiger partial charge in [0, 0.05) is 38.0 Å². The first-order valence-corrected chi connectivity index (χ1v) is 9.02. The summed E-state index contributed by atoms with van der Waals surface area (Å²) >= 11 is 0. The van der Waals surface area contributed by atoms with E-state index in [-0.39, 0.29) is 0 Å². The fourth-order valence-electron chi connectivity index (χ4n) is 3.32. The summed E-state index contributed by atoms with van der Waals surface area (Å²) in [5.74, 6) is 2.71. The molecule has 0 amide bonds. The van der Waals surface area contributed by atoms with E-state index in [1.807, 2.05) is 12.1 Å². The zero-order valence-corrected chi connectivity index (χ0v) is 14.0. The molecule has 2 heterocycles. The molecule has 1 aromatic heterocycles. The molecule has 2 aliphatic rings. The molecule has 1 N–H and O–H groups in total. The monoisotopic (exact) mass is 323 g/mol. The standard InChI is InChI=1S/C20H25N3O/c1-2-5-16(6-3-1)17-11-13-23(15-17)20(22-18-8-9-18)21-12-10-19-7-4-14-24-19/h1-7,14,17-18H,8-13,15H2,(H,21,22). The lowest BCUT2D eigenvalue weighted by Crippen LogP contribution is -2.41. The summed E-state index contributed by atoms with van der Waals surface area (Å²) in [7, 11) is 0. The Morgan fingerprint density at radius 3 is 2.75 bits per heavy atom. The highest BCUT2D eigenvalue weighted by Crippen LogP contribution is 2.28. The van der Waals surface area contributed by atoms with Crippen LogP contribution in [0.2, 0.25) is 0 Å². The summed E-state index contributed by atoms with van der Waals surface area (Å²) in [5.41, 5.74) is 1.45. The van der Waals surface area contributed by atoms with Crippen molar-refractivity contribution in [3.8, 4) is 0 Å². The van der Waals surface area contributed by atoms with Gasteiger partial charge in [-0.05, 0) is 37.0 Å². The molecule has 126 valence electrons. The smallest absolute Gasteiger partial charge is 0.194 e. The lowest BCUT2D eigenvalue weighted by atomic mass is 9.99. The zero-order valence-electron chi connectivity index (χ0n) is 14.0. The topological polar surface area (TPSA) is 40.8 Å². The lowest BCUT2D eigenvalue weighted by molar-refractivity contribution is 0.480. The first-order chi connectivity index (χ1) is 11.9. The quantitative estimate of drug-likeness (QED) is 0.677. The van der Waals surface area contributed by atoms with Crippen LogP contribution < -0.4 is 5.32 Å². The van der Waals surface area contributed by atoms with Crippen LogP contribution in [0.15, 0.2) is 58.1 Å². The molecule has 1 aliphatic heterocycles. The number of likely N-dealkylation sites (tertiary alicyclic amines) is 1. The van der Waals surface area contributed by atoms with E-state index in [0.29, 0.717) is 12.0 Å². The van der Waals surface area contributed by atoms with Crippen molar-refractivity contribution in [2.75, 3.05) is 19.6 Å². The van der Waals surface area contributed by atoms with Gasteiger partial charge in [0.05, 0.1) is 6.26 Å². The molecule has 4 heteroatoms. The molecule has 1 unspecified atom stereocenters. The number of nitrogens with one attached hydrogen (secondary N) is 1. The van der Waals surface area contributed by atoms with Gasteiger partial charge in [-0.1, -0.05) is 30.3 Å². The number of furan rings is 1. The van der Waals surface area contributed by atoms with Crippen LogP contribution in [0.25, 0.3) is 0 Å². The van der Waals surface area contributed by atoms with E-state index >= 15 is 0 Å². The number of hydrogen-bond acceptors (Lipinski definition) is 2. The molecule has 1 saturated heterocycles. The van der Waals surface area contributed by atoms with Crippen molar-refractivity contribution in [1.82, 2.24) is 10.2 Å². The highest BCUT2D eigenvalue weighted by Gasteiger charge is 2.29. The highest BCUT2D eigenvalue weighted by molar-refractivity contribution is 5.81. The molecule has 1 atom stereocenters. The van der Waals surface area contributed by atoms with Gasteiger partial charge < -0.3 is 14.6 Å². The Bertz CT molecular complexity index is 661. The number of guanidine groups is 1. The van der Waals surface area contributed by atoms with Gasteiger partial charge >= 0.3 is 0 Å². The summed E-state index contributed by atoms with van der Waals surface area (Å²) in [5, 5.41) is 3.63. The van der Waals surface area contributed by atoms with Crippen LogP contribution in [0.1, 0.15) is 36.5 Å². The molecule has 1 aliphatic carbocycles. The van der Waals surface area contributed by atoms with E-state index in [4.69, 9.17) is 9.41 Å². The Morgan fingerprint density at radius 2 is 2.00 bits per heavy atom. The van der Waals surface area contributed by atoms with Crippen molar-refractivity contribution >= 4 is 5.96 Å². The van der Waals surface area contributed by atoms with E-state index in [0.717, 1.165) is 37.8 Å². The van der Waals surface area contributed by atoms with Crippen LogP contribution in [-0.2, 0) is 6.42 Å². The normalized spacial score (nSPS) is 21.2. The van der Waals surface area contributed by atoms with E-state index in [2.05, 4.69) is 40.5 Å². The third-order valence-corrected chi connectivity index (χ3v) is 4.87. The second-order valence-corrected chi connectivity index (χ2v) is 6.80. The molecular formula is C20H25N3O. The van der Waals surface area contributed by atoms with Gasteiger partial charge in [-0.25, -0.2) is 0 Å². The van der Waals surface area contributed by atoms with Crippen LogP contribution in [0, 0.1) is 0 Å². The number of nitrogens with zero attached hydrogens (tertiary/aromatic N) is 2. The van der Waals surface area contributed by atoms with Gasteiger partial charge in [-0.15, -0.1) is 0 Å². The first kappa shape index (κ1) is 15.3. The summed E-state index contributed by atoms with van der Waals surface area (Å²) in [6, 6.07) is 15.4. The second-order valence-electron chi connectivity index (χ2n) is 6.80. The third kappa shape index (κ3) is 3.81. The van der Waals surface area contributed by atoms with E-state index in [1.165, 1.54) is 24.8 Å². The molecule has 24 heavy (non-hydrogen) atoms. The Morgan fingerprint density at radius 1 is 1.12 bits per heavy atom. The maximum Gasteiger partial charge on any atom is 0.194 e. The zero-order chi connectivity index (χ0) is 16.2. The molecule has 1 saturated carbocycles. The second kappa shape index (κ2) is 7.12. The molecule has 1 aromatic carbocycles. The Hall–Kier alpha value is -2.23. The number of aliphatic imine (C=N–C) groups is 1. The Labute approximate surface area is 143 Å². The first-order valence-electron chi connectivity index (χ1n) is 9.02. The summed E-state index contributed by atoms with van der Waals surface area (Å²) in [4.78, 5) is 7.29. The van der Waals surface area contributed by atoms with Crippen molar-refractivity contribution in [3.63, 3.8) is 0 Å². The molecular weight excluding hydrogens is 298 g/mol. The van der Waals surface area contributed by atoms with Gasteiger partial charge in [0.1, 0.15) is 5.76 Å². The third-order valence-electron chi connectivity index (χ3n) is 4.87. The largest absolute Gasteiger partial charge is 0.469 e. The SMILES string of the molecule is c1ccc(C2CCN(C(=NCCc3ccco3)NC3CC3)C2)cc1. The maximum absolute atomic E-state index is 5.41. The van der Waals surface area contributed by atoms with Crippen molar-refractivity contribution in [2.45, 2.75) is 37.6 Å². The van der Waals surface area contributed by atoms with E-state index < -0.39 is 0 Å². The molecule has 2 aromatic rings. The Kier molecular flexibility index (Phi) is 4.54. The van der Waals surface area contributed by atoms with Crippen molar-refractivity contribution in [3.05, 3.63) is 60.1 Å². The van der Waals surface area contributed by atoms with Crippen LogP contribution >= 0.6 is 0 Å². The molecule has 4 nitrogen and oxygen atoms in total. The fourth-order valence-corrected chi connectivity index (χ4v) is 3.32. The number of hydrogen-bond donors (Lipinski definition) is 1. The van der Waals surface area contributed by atoms with Crippen molar-refractivity contribution in [1.29, 1.82) is 0 Å². The number of rotatable bonds is 5. The highest BCUT2D eigenvalue weighted by atomic mass is 16.3. The molecule has 0 spiro atoms. The van der Waals surface area contributed by atoms with E-state index in [1.54, 1.807) is 6.26 Å². The van der Waals surface area contributed by atoms with Crippen LogP contribution in [0.3, 0.4) is 0 Å². The Balaban J connectivity index is 1.39. The maximum atomic E-state index is 5.41. The van der Waals surface area contributed by atoms with E-state index in [9.17, 15) is 0 Å². The van der Waals surface area contributed by atoms with Crippen molar-refractivity contribution < 1.29 is 4.42 Å². The van der Waals surface area contributed by atoms with Gasteiger partial charge in [-0.3, -0.25) is 4.99 Å². The minimum absolute atomic E-state index is 0.613. The molecule has 2 fully saturated rings. The molecule has 0 bridgehead atoms. The predicted octanol–water partition coefficient (Wildman–Crippen LogP) is 3.42. The molecule has 4 rings (SSSR count). The average molecular weight is 323 g/mol. The average Bonchev–Trinajstić information content (AvgIpc) is 3.10. The lowest BCUT2D eigenvalue weighted by Gasteiger charge is -2.22. The van der Waals surface area contributed by atoms with Gasteiger partial charge in [0.25, 0.3) is 0 Å². The van der Waals surface area contributed by atoms with Crippen LogP contribution in [0.5, 0.6) is 0 Å². The minimum Gasteiger partial charge on any atom is -0.469 e. The summed E-state index contributed by atoms with van der Waals surface area (Å²) in [6.45, 7) is 2.91. The minimum atomic E-state index is 0.613. The van der Waals surface area contributed by atoms with Crippen LogP contribution in [0.4, 0.5) is 0 Å². The van der Waals surface area contributed by atoms with Gasteiger partial charge in [-0.2, -0.15) is 0 Å². The van der Waals surface area contributed by atoms with Crippen molar-refractivity contribution in [2.24, 2.45) is 4.99 Å².